The van der Waals surface area contributed by atoms with Crippen LogP contribution in [0.4, 0.5) is 11.5 Å². The third kappa shape index (κ3) is 9.16. The number of piperazine rings is 1. The Labute approximate surface area is 367 Å². The lowest BCUT2D eigenvalue weighted by atomic mass is 9.88. The molecular formula is C44H46Cl2N10O6. The molecule has 5 aromatic rings. The second kappa shape index (κ2) is 17.6. The highest BCUT2D eigenvalue weighted by Gasteiger charge is 2.39. The number of halogens is 2. The monoisotopic (exact) mass is 880 g/mol. The molecule has 0 radical (unpaired) electrons. The summed E-state index contributed by atoms with van der Waals surface area (Å²) in [6.07, 6.45) is 5.21. The first-order valence-electron chi connectivity index (χ1n) is 20.4. The van der Waals surface area contributed by atoms with E-state index < -0.39 is 23.5 Å². The summed E-state index contributed by atoms with van der Waals surface area (Å²) in [7, 11) is 0. The lowest BCUT2D eigenvalue weighted by molar-refractivity contribution is -0.137. The molecule has 5 amide bonds. The minimum Gasteiger partial charge on any atom is -0.486 e. The molecule has 2 fully saturated rings. The molecule has 322 valence electrons. The molecule has 0 saturated carbocycles. The van der Waals surface area contributed by atoms with Crippen LogP contribution in [0.2, 0.25) is 10.0 Å². The zero-order valence-corrected chi connectivity index (χ0v) is 36.0. The van der Waals surface area contributed by atoms with Gasteiger partial charge in [0.1, 0.15) is 29.4 Å². The van der Waals surface area contributed by atoms with E-state index in [1.54, 1.807) is 36.8 Å². The van der Waals surface area contributed by atoms with Gasteiger partial charge in [-0.15, -0.1) is 0 Å². The van der Waals surface area contributed by atoms with Crippen molar-refractivity contribution < 1.29 is 28.7 Å². The van der Waals surface area contributed by atoms with Crippen LogP contribution in [0.5, 0.6) is 5.75 Å². The number of rotatable bonds is 13. The molecule has 2 aromatic carbocycles. The molecule has 2 saturated heterocycles. The number of ether oxygens (including phenoxy) is 1. The minimum atomic E-state index is -0.693. The summed E-state index contributed by atoms with van der Waals surface area (Å²) >= 11 is 12.7. The Kier molecular flexibility index (Phi) is 12.1. The first kappa shape index (κ1) is 42.4. The van der Waals surface area contributed by atoms with Gasteiger partial charge in [0.2, 0.25) is 23.6 Å². The summed E-state index contributed by atoms with van der Waals surface area (Å²) < 4.78 is 6.23. The lowest BCUT2D eigenvalue weighted by Crippen LogP contribution is -2.52. The van der Waals surface area contributed by atoms with E-state index >= 15 is 0 Å². The van der Waals surface area contributed by atoms with Crippen LogP contribution in [0.3, 0.4) is 0 Å². The Hall–Kier alpha value is -6.26. The van der Waals surface area contributed by atoms with Gasteiger partial charge < -0.3 is 30.1 Å². The highest BCUT2D eigenvalue weighted by Crippen LogP contribution is 2.35. The van der Waals surface area contributed by atoms with E-state index in [1.807, 2.05) is 56.0 Å². The smallest absolute Gasteiger partial charge is 0.255 e. The normalized spacial score (nSPS) is 17.2. The van der Waals surface area contributed by atoms with Crippen molar-refractivity contribution in [3.8, 4) is 17.0 Å². The summed E-state index contributed by atoms with van der Waals surface area (Å²) in [5, 5.41) is 17.8. The third-order valence-electron chi connectivity index (χ3n) is 11.5. The zero-order valence-electron chi connectivity index (χ0n) is 34.5. The van der Waals surface area contributed by atoms with E-state index in [0.29, 0.717) is 65.3 Å². The van der Waals surface area contributed by atoms with Crippen molar-refractivity contribution in [2.75, 3.05) is 49.5 Å². The van der Waals surface area contributed by atoms with Gasteiger partial charge in [-0.1, -0.05) is 37.0 Å². The van der Waals surface area contributed by atoms with Crippen molar-refractivity contribution >= 4 is 75.1 Å². The molecule has 2 atom stereocenters. The molecule has 6 heterocycles. The van der Waals surface area contributed by atoms with Gasteiger partial charge in [0, 0.05) is 98.5 Å². The standard InChI is InChI=1S/C44H46Cl2N10O6/c1-25(40-32(45)20-47-21-33(40)46)62-29-6-8-34-31(17-29)41(53-52-34)26-4-10-36(49-19-26)54-12-14-55(15-13-54)39(59)18-44(2,3)24-50-38(58)22-48-28-5-7-30-27(16-28)23-56(43(30)61)35-9-11-37(57)51-42(35)60/h4-8,10,16-17,19-21,25,35,48H,9,11-15,18,22-24H2,1-3H3,(H,50,58)(H,52,53)(H,51,57,60)/t25-,35?/m1/s1. The Morgan fingerprint density at radius 2 is 1.76 bits per heavy atom. The second-order valence-electron chi connectivity index (χ2n) is 16.6. The number of pyridine rings is 2. The van der Waals surface area contributed by atoms with Gasteiger partial charge in [-0.2, -0.15) is 5.10 Å². The van der Waals surface area contributed by atoms with Crippen LogP contribution in [0.1, 0.15) is 67.6 Å². The van der Waals surface area contributed by atoms with Gasteiger partial charge in [-0.05, 0) is 72.9 Å². The largest absolute Gasteiger partial charge is 0.486 e. The molecule has 0 bridgehead atoms. The van der Waals surface area contributed by atoms with E-state index in [0.717, 1.165) is 33.5 Å². The summed E-state index contributed by atoms with van der Waals surface area (Å²) in [5.41, 5.74) is 4.50. The average molecular weight is 882 g/mol. The Morgan fingerprint density at radius 3 is 2.48 bits per heavy atom. The Morgan fingerprint density at radius 1 is 0.984 bits per heavy atom. The molecule has 1 unspecified atom stereocenters. The molecule has 3 aromatic heterocycles. The number of nitrogens with one attached hydrogen (secondary N) is 4. The molecule has 0 aliphatic carbocycles. The van der Waals surface area contributed by atoms with Gasteiger partial charge in [-0.25, -0.2) is 4.98 Å². The van der Waals surface area contributed by atoms with Gasteiger partial charge in [-0.3, -0.25) is 39.4 Å². The van der Waals surface area contributed by atoms with E-state index in [2.05, 4.69) is 36.0 Å². The van der Waals surface area contributed by atoms with Crippen LogP contribution < -0.4 is 25.6 Å². The quantitative estimate of drug-likeness (QED) is 0.109. The van der Waals surface area contributed by atoms with Crippen LogP contribution in [-0.4, -0.2) is 105 Å². The van der Waals surface area contributed by atoms with Crippen LogP contribution in [0, 0.1) is 5.41 Å². The van der Waals surface area contributed by atoms with E-state index in [-0.39, 0.29) is 56.0 Å². The average Bonchev–Trinajstić information content (AvgIpc) is 3.82. The van der Waals surface area contributed by atoms with Crippen molar-refractivity contribution in [1.29, 1.82) is 0 Å². The maximum atomic E-state index is 13.4. The van der Waals surface area contributed by atoms with Gasteiger partial charge in [0.25, 0.3) is 5.91 Å². The van der Waals surface area contributed by atoms with E-state index in [9.17, 15) is 24.0 Å². The summed E-state index contributed by atoms with van der Waals surface area (Å²) in [6, 6.07) is 14.2. The van der Waals surface area contributed by atoms with Crippen molar-refractivity contribution in [3.63, 3.8) is 0 Å². The number of H-pyrrole nitrogens is 1. The molecule has 16 nitrogen and oxygen atoms in total. The molecule has 3 aliphatic rings. The first-order valence-corrected chi connectivity index (χ1v) is 21.2. The van der Waals surface area contributed by atoms with Gasteiger partial charge >= 0.3 is 0 Å². The minimum absolute atomic E-state index is 0.00216. The number of hydrogen-bond acceptors (Lipinski definition) is 11. The number of hydrogen-bond donors (Lipinski definition) is 4. The number of amides is 5. The molecule has 18 heteroatoms. The van der Waals surface area contributed by atoms with E-state index in [1.165, 1.54) is 4.90 Å². The number of benzene rings is 2. The van der Waals surface area contributed by atoms with Crippen molar-refractivity contribution in [1.82, 2.24) is 40.6 Å². The number of carbonyl (C=O) groups is 5. The number of piperidine rings is 1. The number of aromatic nitrogens is 4. The fourth-order valence-corrected chi connectivity index (χ4v) is 8.78. The molecule has 4 N–H and O–H groups in total. The maximum Gasteiger partial charge on any atom is 0.255 e. The van der Waals surface area contributed by atoms with E-state index in [4.69, 9.17) is 32.9 Å². The predicted molar refractivity (Wildman–Crippen MR) is 234 cm³/mol. The second-order valence-corrected chi connectivity index (χ2v) is 17.4. The zero-order chi connectivity index (χ0) is 43.7. The molecule has 8 rings (SSSR count). The van der Waals surface area contributed by atoms with Crippen LogP contribution in [0.25, 0.3) is 22.2 Å². The van der Waals surface area contributed by atoms with Gasteiger partial charge in [0.15, 0.2) is 0 Å². The first-order chi connectivity index (χ1) is 29.7. The number of aromatic amines is 1. The molecule has 0 spiro atoms. The van der Waals surface area contributed by atoms with Crippen LogP contribution in [-0.2, 0) is 25.7 Å². The van der Waals surface area contributed by atoms with Crippen molar-refractivity contribution in [2.24, 2.45) is 5.41 Å². The highest BCUT2D eigenvalue weighted by molar-refractivity contribution is 6.35. The predicted octanol–water partition coefficient (Wildman–Crippen LogP) is 5.52. The van der Waals surface area contributed by atoms with Crippen LogP contribution >= 0.6 is 23.2 Å². The van der Waals surface area contributed by atoms with Crippen LogP contribution in [0.15, 0.2) is 67.1 Å². The maximum absolute atomic E-state index is 13.4. The summed E-state index contributed by atoms with van der Waals surface area (Å²) in [5.74, 6) is 0.181. The van der Waals surface area contributed by atoms with Crippen molar-refractivity contribution in [2.45, 2.75) is 58.7 Å². The Balaban J connectivity index is 0.786. The van der Waals surface area contributed by atoms with Crippen molar-refractivity contribution in [3.05, 3.63) is 93.9 Å². The number of fused-ring (bicyclic) bond motifs is 2. The lowest BCUT2D eigenvalue weighted by Gasteiger charge is -2.37. The fraction of sp³-hybridized carbons (Fsp3) is 0.364. The van der Waals surface area contributed by atoms with Gasteiger partial charge in [0.05, 0.1) is 22.1 Å². The number of anilines is 2. The number of nitrogens with zero attached hydrogens (tertiary/aromatic N) is 6. The Bertz CT molecular complexity index is 2540. The molecule has 3 aliphatic heterocycles. The molecule has 62 heavy (non-hydrogen) atoms. The third-order valence-corrected chi connectivity index (χ3v) is 12.1. The topological polar surface area (TPSA) is 195 Å². The molecular weight excluding hydrogens is 835 g/mol. The highest BCUT2D eigenvalue weighted by atomic mass is 35.5. The summed E-state index contributed by atoms with van der Waals surface area (Å²) in [6.45, 7) is 8.70. The SMILES string of the molecule is C[C@@H](Oc1ccc2[nH]nc(-c3ccc(N4CCN(C(=O)CC(C)(C)CNC(=O)CNc5ccc6c(c5)CN(C5CCC(=O)NC5=O)C6=O)CC4)nc3)c2c1)c1c(Cl)cncc1Cl. The fourth-order valence-electron chi connectivity index (χ4n) is 8.11. The number of imide groups is 1. The summed E-state index contributed by atoms with van der Waals surface area (Å²) in [4.78, 5) is 77.5. The number of carbonyl (C=O) groups excluding carboxylic acids is 5.